The molecule has 0 aromatic rings. The summed E-state index contributed by atoms with van der Waals surface area (Å²) in [6, 6.07) is 0. The van der Waals surface area contributed by atoms with E-state index in [-0.39, 0.29) is 19.3 Å². The molecule has 0 saturated heterocycles. The van der Waals surface area contributed by atoms with Crippen molar-refractivity contribution >= 4 is 23.9 Å². The van der Waals surface area contributed by atoms with Crippen LogP contribution in [0.2, 0.25) is 0 Å². The van der Waals surface area contributed by atoms with Gasteiger partial charge in [-0.15, -0.1) is 0 Å². The van der Waals surface area contributed by atoms with E-state index in [2.05, 4.69) is 0 Å². The van der Waals surface area contributed by atoms with Crippen LogP contribution in [0, 0.1) is 11.3 Å². The quantitative estimate of drug-likeness (QED) is 0.531. The number of rotatable bonds is 5. The SMILES string of the molecule is O=C(O)C=C(C(=O)O)C1(C(=O)O)CCCC(C(=O)O)C1. The second-order valence-corrected chi connectivity index (χ2v) is 4.72. The molecule has 0 aliphatic heterocycles. The van der Waals surface area contributed by atoms with Crippen molar-refractivity contribution in [3.8, 4) is 0 Å². The molecule has 110 valence electrons. The van der Waals surface area contributed by atoms with Gasteiger partial charge in [0.05, 0.1) is 11.5 Å². The minimum Gasteiger partial charge on any atom is -0.481 e. The monoisotopic (exact) mass is 286 g/mol. The van der Waals surface area contributed by atoms with Crippen LogP contribution in [0.15, 0.2) is 11.6 Å². The lowest BCUT2D eigenvalue weighted by molar-refractivity contribution is -0.156. The zero-order valence-electron chi connectivity index (χ0n) is 10.4. The third-order valence-electron chi connectivity index (χ3n) is 3.52. The van der Waals surface area contributed by atoms with E-state index in [1.165, 1.54) is 0 Å². The van der Waals surface area contributed by atoms with E-state index in [0.29, 0.717) is 6.08 Å². The summed E-state index contributed by atoms with van der Waals surface area (Å²) >= 11 is 0. The van der Waals surface area contributed by atoms with Gasteiger partial charge >= 0.3 is 23.9 Å². The summed E-state index contributed by atoms with van der Waals surface area (Å²) in [5.41, 5.74) is -2.77. The first-order valence-electron chi connectivity index (χ1n) is 5.85. The predicted octanol–water partition coefficient (Wildman–Crippen LogP) is 0.428. The topological polar surface area (TPSA) is 149 Å². The maximum absolute atomic E-state index is 11.5. The molecule has 1 saturated carbocycles. The van der Waals surface area contributed by atoms with Crippen LogP contribution in [-0.4, -0.2) is 44.3 Å². The Kier molecular flexibility index (Phi) is 4.49. The molecule has 2 unspecified atom stereocenters. The summed E-state index contributed by atoms with van der Waals surface area (Å²) in [6.45, 7) is 0. The van der Waals surface area contributed by atoms with Crippen LogP contribution < -0.4 is 0 Å². The van der Waals surface area contributed by atoms with E-state index < -0.39 is 47.2 Å². The third-order valence-corrected chi connectivity index (χ3v) is 3.52. The second-order valence-electron chi connectivity index (χ2n) is 4.72. The van der Waals surface area contributed by atoms with Gasteiger partial charge in [-0.3, -0.25) is 9.59 Å². The average Bonchev–Trinajstić information content (AvgIpc) is 2.35. The minimum atomic E-state index is -1.98. The summed E-state index contributed by atoms with van der Waals surface area (Å²) < 4.78 is 0. The maximum Gasteiger partial charge on any atom is 0.333 e. The lowest BCUT2D eigenvalue weighted by Gasteiger charge is -2.36. The Morgan fingerprint density at radius 2 is 1.65 bits per heavy atom. The molecule has 0 amide bonds. The number of hydrogen-bond donors (Lipinski definition) is 4. The molecule has 8 nitrogen and oxygen atoms in total. The number of carboxylic acid groups (broad SMARTS) is 4. The Balaban J connectivity index is 3.33. The van der Waals surface area contributed by atoms with Gasteiger partial charge in [-0.05, 0) is 19.3 Å². The van der Waals surface area contributed by atoms with Gasteiger partial charge in [0.1, 0.15) is 5.41 Å². The van der Waals surface area contributed by atoms with Crippen LogP contribution in [0.4, 0.5) is 0 Å². The van der Waals surface area contributed by atoms with Crippen LogP contribution in [0.5, 0.6) is 0 Å². The van der Waals surface area contributed by atoms with E-state index in [9.17, 15) is 24.3 Å². The molecular weight excluding hydrogens is 272 g/mol. The Morgan fingerprint density at radius 3 is 2.05 bits per heavy atom. The molecule has 0 radical (unpaired) electrons. The molecule has 4 N–H and O–H groups in total. The first kappa shape index (κ1) is 15.7. The highest BCUT2D eigenvalue weighted by atomic mass is 16.4. The first-order valence-corrected chi connectivity index (χ1v) is 5.85. The summed E-state index contributed by atoms with van der Waals surface area (Å²) in [5.74, 6) is -6.98. The second kappa shape index (κ2) is 5.72. The molecule has 1 aliphatic carbocycles. The zero-order chi connectivity index (χ0) is 15.5. The third kappa shape index (κ3) is 2.95. The number of aliphatic carboxylic acids is 4. The van der Waals surface area contributed by atoms with Gasteiger partial charge in [-0.2, -0.15) is 0 Å². The number of carboxylic acids is 4. The highest BCUT2D eigenvalue weighted by Gasteiger charge is 2.50. The van der Waals surface area contributed by atoms with Crippen molar-refractivity contribution in [1.82, 2.24) is 0 Å². The van der Waals surface area contributed by atoms with Gasteiger partial charge in [-0.1, -0.05) is 6.42 Å². The van der Waals surface area contributed by atoms with Crippen molar-refractivity contribution in [2.75, 3.05) is 0 Å². The fourth-order valence-corrected chi connectivity index (χ4v) is 2.57. The lowest BCUT2D eigenvalue weighted by atomic mass is 9.65. The molecule has 1 aliphatic rings. The normalized spacial score (nSPS) is 26.8. The molecule has 2 atom stereocenters. The van der Waals surface area contributed by atoms with Crippen molar-refractivity contribution in [2.24, 2.45) is 11.3 Å². The summed E-state index contributed by atoms with van der Waals surface area (Å²) in [7, 11) is 0. The Hall–Kier alpha value is -2.38. The van der Waals surface area contributed by atoms with Crippen LogP contribution in [0.1, 0.15) is 25.7 Å². The first-order chi connectivity index (χ1) is 9.20. The van der Waals surface area contributed by atoms with Crippen molar-refractivity contribution in [3.63, 3.8) is 0 Å². The van der Waals surface area contributed by atoms with Gasteiger partial charge in [0, 0.05) is 6.08 Å². The molecule has 1 fully saturated rings. The summed E-state index contributed by atoms with van der Waals surface area (Å²) in [4.78, 5) is 44.4. The number of hydrogen-bond acceptors (Lipinski definition) is 4. The van der Waals surface area contributed by atoms with Gasteiger partial charge < -0.3 is 20.4 Å². The Morgan fingerprint density at radius 1 is 1.05 bits per heavy atom. The van der Waals surface area contributed by atoms with Crippen molar-refractivity contribution in [1.29, 1.82) is 0 Å². The maximum atomic E-state index is 11.5. The number of carbonyl (C=O) groups is 4. The highest BCUT2D eigenvalue weighted by molar-refractivity contribution is 6.01. The van der Waals surface area contributed by atoms with Crippen LogP contribution in [-0.2, 0) is 19.2 Å². The van der Waals surface area contributed by atoms with E-state index >= 15 is 0 Å². The smallest absolute Gasteiger partial charge is 0.333 e. The van der Waals surface area contributed by atoms with Crippen molar-refractivity contribution in [2.45, 2.75) is 25.7 Å². The molecule has 0 aromatic carbocycles. The molecule has 20 heavy (non-hydrogen) atoms. The summed E-state index contributed by atoms with van der Waals surface area (Å²) in [5, 5.41) is 36.1. The largest absolute Gasteiger partial charge is 0.481 e. The van der Waals surface area contributed by atoms with E-state index in [4.69, 9.17) is 15.3 Å². The molecule has 8 heteroatoms. The van der Waals surface area contributed by atoms with E-state index in [1.807, 2.05) is 0 Å². The Bertz CT molecular complexity index is 492. The zero-order valence-corrected chi connectivity index (χ0v) is 10.4. The minimum absolute atomic E-state index is 0.0997. The van der Waals surface area contributed by atoms with Gasteiger partial charge in [-0.25, -0.2) is 9.59 Å². The molecule has 0 bridgehead atoms. The Labute approximate surface area is 113 Å². The molecular formula is C12H14O8. The molecule has 0 aromatic heterocycles. The van der Waals surface area contributed by atoms with Crippen LogP contribution in [0.25, 0.3) is 0 Å². The fourth-order valence-electron chi connectivity index (χ4n) is 2.57. The molecule has 0 spiro atoms. The van der Waals surface area contributed by atoms with Crippen molar-refractivity contribution in [3.05, 3.63) is 11.6 Å². The van der Waals surface area contributed by atoms with E-state index in [1.54, 1.807) is 0 Å². The van der Waals surface area contributed by atoms with Crippen LogP contribution in [0.3, 0.4) is 0 Å². The fraction of sp³-hybridized carbons (Fsp3) is 0.500. The predicted molar refractivity (Wildman–Crippen MR) is 63.0 cm³/mol. The van der Waals surface area contributed by atoms with Gasteiger partial charge in [0.2, 0.25) is 0 Å². The standard InChI is InChI=1S/C12H14O8/c13-8(14)4-7(10(17)18)12(11(19)20)3-1-2-6(5-12)9(15)16/h4,6H,1-3,5H2,(H,13,14)(H,15,16)(H,17,18)(H,19,20). The van der Waals surface area contributed by atoms with Gasteiger partial charge in [0.25, 0.3) is 0 Å². The van der Waals surface area contributed by atoms with E-state index in [0.717, 1.165) is 0 Å². The average molecular weight is 286 g/mol. The lowest BCUT2D eigenvalue weighted by Crippen LogP contribution is -2.42. The summed E-state index contributed by atoms with van der Waals surface area (Å²) in [6.07, 6.45) is 0.249. The highest BCUT2D eigenvalue weighted by Crippen LogP contribution is 2.45. The van der Waals surface area contributed by atoms with Gasteiger partial charge in [0.15, 0.2) is 0 Å². The van der Waals surface area contributed by atoms with Crippen molar-refractivity contribution < 1.29 is 39.6 Å². The molecule has 1 rings (SSSR count). The molecule has 0 heterocycles. The van der Waals surface area contributed by atoms with Crippen LogP contribution >= 0.6 is 0 Å².